The molecule has 0 fully saturated rings. The number of carboxylic acids is 1. The van der Waals surface area contributed by atoms with Gasteiger partial charge in [-0.1, -0.05) is 11.6 Å². The molecule has 124 valence electrons. The molecule has 2 rings (SSSR count). The smallest absolute Gasteiger partial charge is 0.323 e. The maximum atomic E-state index is 12.3. The number of thiophene rings is 1. The molecule has 0 spiro atoms. The Kier molecular flexibility index (Phi) is 6.52. The topological polar surface area (TPSA) is 79.7 Å². The maximum absolute atomic E-state index is 12.3. The van der Waals surface area contributed by atoms with Crippen LogP contribution in [0.1, 0.15) is 5.69 Å². The first-order valence-corrected chi connectivity index (χ1v) is 8.75. The second kappa shape index (κ2) is 8.39. The minimum absolute atomic E-state index is 0.0621. The molecule has 0 bridgehead atoms. The standard InChI is InChI=1S/C14H15ClN2O4S2/c1-21-5-4-17(7-13(19)20)12(18)6-9-8-22-14(16-9)10-2-3-11(15)23-10/h2-3,8H,4-7H2,1H3,(H,19,20). The van der Waals surface area contributed by atoms with E-state index in [1.54, 1.807) is 11.4 Å². The van der Waals surface area contributed by atoms with Crippen molar-refractivity contribution in [1.29, 1.82) is 0 Å². The first-order valence-electron chi connectivity index (χ1n) is 6.68. The Labute approximate surface area is 146 Å². The van der Waals surface area contributed by atoms with Crippen LogP contribution in [-0.2, 0) is 20.7 Å². The minimum atomic E-state index is -1.05. The van der Waals surface area contributed by atoms with E-state index in [1.807, 2.05) is 6.07 Å². The van der Waals surface area contributed by atoms with Crippen molar-refractivity contribution >= 4 is 46.2 Å². The molecule has 2 aromatic heterocycles. The molecular weight excluding hydrogens is 360 g/mol. The van der Waals surface area contributed by atoms with Crippen LogP contribution in [0.3, 0.4) is 0 Å². The second-order valence-electron chi connectivity index (χ2n) is 4.63. The number of hydrogen-bond acceptors (Lipinski definition) is 6. The molecule has 0 radical (unpaired) electrons. The van der Waals surface area contributed by atoms with Crippen LogP contribution in [0.4, 0.5) is 0 Å². The number of aliphatic carboxylic acids is 1. The highest BCUT2D eigenvalue weighted by Gasteiger charge is 2.18. The number of ether oxygens (including phenoxy) is 1. The van der Waals surface area contributed by atoms with Gasteiger partial charge in [-0.05, 0) is 12.1 Å². The van der Waals surface area contributed by atoms with Crippen LogP contribution in [-0.4, -0.2) is 53.7 Å². The molecule has 1 N–H and O–H groups in total. The van der Waals surface area contributed by atoms with Gasteiger partial charge in [0, 0.05) is 19.0 Å². The average molecular weight is 375 g/mol. The van der Waals surface area contributed by atoms with E-state index in [0.717, 1.165) is 9.88 Å². The molecule has 0 aromatic carbocycles. The van der Waals surface area contributed by atoms with Gasteiger partial charge >= 0.3 is 5.97 Å². The second-order valence-corrected chi connectivity index (χ2v) is 7.20. The Morgan fingerprint density at radius 2 is 2.22 bits per heavy atom. The van der Waals surface area contributed by atoms with Crippen molar-refractivity contribution in [2.24, 2.45) is 0 Å². The summed E-state index contributed by atoms with van der Waals surface area (Å²) in [5.41, 5.74) is 0.618. The van der Waals surface area contributed by atoms with Gasteiger partial charge in [0.25, 0.3) is 0 Å². The predicted octanol–water partition coefficient (Wildman–Crippen LogP) is 2.63. The first kappa shape index (κ1) is 17.9. The van der Waals surface area contributed by atoms with Gasteiger partial charge < -0.3 is 14.7 Å². The normalized spacial score (nSPS) is 10.7. The molecule has 23 heavy (non-hydrogen) atoms. The van der Waals surface area contributed by atoms with Gasteiger partial charge in [0.1, 0.15) is 11.6 Å². The molecule has 0 saturated heterocycles. The van der Waals surface area contributed by atoms with Crippen LogP contribution in [0.5, 0.6) is 0 Å². The number of aromatic nitrogens is 1. The summed E-state index contributed by atoms with van der Waals surface area (Å²) in [6.45, 7) is 0.175. The summed E-state index contributed by atoms with van der Waals surface area (Å²) in [5.74, 6) is -1.34. The molecule has 9 heteroatoms. The van der Waals surface area contributed by atoms with Crippen LogP contribution < -0.4 is 0 Å². The Morgan fingerprint density at radius 1 is 1.43 bits per heavy atom. The lowest BCUT2D eigenvalue weighted by atomic mass is 10.3. The van der Waals surface area contributed by atoms with Gasteiger partial charge in [-0.2, -0.15) is 0 Å². The van der Waals surface area contributed by atoms with Gasteiger partial charge in [-0.25, -0.2) is 4.98 Å². The number of thiazole rings is 1. The zero-order valence-corrected chi connectivity index (χ0v) is 14.7. The SMILES string of the molecule is COCCN(CC(=O)O)C(=O)Cc1csc(-c2ccc(Cl)s2)n1. The zero-order chi connectivity index (χ0) is 16.8. The molecule has 2 aromatic rings. The number of rotatable bonds is 8. The number of amides is 1. The lowest BCUT2D eigenvalue weighted by molar-refractivity contribution is -0.144. The summed E-state index contributed by atoms with van der Waals surface area (Å²) in [4.78, 5) is 29.7. The fourth-order valence-corrected chi connectivity index (χ4v) is 3.79. The van der Waals surface area contributed by atoms with Gasteiger partial charge in [-0.3, -0.25) is 9.59 Å². The van der Waals surface area contributed by atoms with Crippen molar-refractivity contribution in [2.45, 2.75) is 6.42 Å². The number of carboxylic acid groups (broad SMARTS) is 1. The molecule has 0 unspecified atom stereocenters. The van der Waals surface area contributed by atoms with E-state index in [0.29, 0.717) is 10.0 Å². The lowest BCUT2D eigenvalue weighted by Gasteiger charge is -2.19. The van der Waals surface area contributed by atoms with Crippen LogP contribution in [0, 0.1) is 0 Å². The average Bonchev–Trinajstić information content (AvgIpc) is 3.11. The summed E-state index contributed by atoms with van der Waals surface area (Å²) in [5, 5.41) is 11.5. The third-order valence-electron chi connectivity index (χ3n) is 2.91. The van der Waals surface area contributed by atoms with Crippen molar-refractivity contribution in [3.63, 3.8) is 0 Å². The zero-order valence-electron chi connectivity index (χ0n) is 12.3. The quantitative estimate of drug-likeness (QED) is 0.768. The highest BCUT2D eigenvalue weighted by Crippen LogP contribution is 2.33. The molecule has 0 aliphatic rings. The van der Waals surface area contributed by atoms with E-state index in [9.17, 15) is 9.59 Å². The van der Waals surface area contributed by atoms with E-state index >= 15 is 0 Å². The molecule has 6 nitrogen and oxygen atoms in total. The largest absolute Gasteiger partial charge is 0.480 e. The molecule has 2 heterocycles. The molecular formula is C14H15ClN2O4S2. The number of methoxy groups -OCH3 is 1. The van der Waals surface area contributed by atoms with Crippen molar-refractivity contribution in [1.82, 2.24) is 9.88 Å². The molecule has 0 aliphatic carbocycles. The number of carbonyl (C=O) groups is 2. The monoisotopic (exact) mass is 374 g/mol. The molecule has 0 aliphatic heterocycles. The summed E-state index contributed by atoms with van der Waals surface area (Å²) in [6.07, 6.45) is 0.0621. The van der Waals surface area contributed by atoms with Crippen molar-refractivity contribution in [3.05, 3.63) is 27.5 Å². The number of hydrogen-bond donors (Lipinski definition) is 1. The fraction of sp³-hybridized carbons (Fsp3) is 0.357. The lowest BCUT2D eigenvalue weighted by Crippen LogP contribution is -2.38. The highest BCUT2D eigenvalue weighted by molar-refractivity contribution is 7.23. The summed E-state index contributed by atoms with van der Waals surface area (Å²) in [7, 11) is 1.50. The number of halogens is 1. The first-order chi connectivity index (χ1) is 11.0. The van der Waals surface area contributed by atoms with E-state index in [-0.39, 0.29) is 32.0 Å². The third kappa shape index (κ3) is 5.28. The Morgan fingerprint density at radius 3 is 2.83 bits per heavy atom. The number of carbonyl (C=O) groups excluding carboxylic acids is 1. The van der Waals surface area contributed by atoms with Gasteiger partial charge in [-0.15, -0.1) is 22.7 Å². The molecule has 1 amide bonds. The fourth-order valence-electron chi connectivity index (χ4n) is 1.85. The molecule has 0 saturated carbocycles. The van der Waals surface area contributed by atoms with Crippen molar-refractivity contribution in [2.75, 3.05) is 26.8 Å². The van der Waals surface area contributed by atoms with Crippen molar-refractivity contribution < 1.29 is 19.4 Å². The van der Waals surface area contributed by atoms with Gasteiger partial charge in [0.05, 0.1) is 27.9 Å². The van der Waals surface area contributed by atoms with E-state index in [2.05, 4.69) is 4.98 Å². The summed E-state index contributed by atoms with van der Waals surface area (Å²) >= 11 is 8.76. The Hall–Kier alpha value is -1.48. The van der Waals surface area contributed by atoms with Crippen molar-refractivity contribution in [3.8, 4) is 9.88 Å². The van der Waals surface area contributed by atoms with Crippen LogP contribution >= 0.6 is 34.3 Å². The highest BCUT2D eigenvalue weighted by atomic mass is 35.5. The van der Waals surface area contributed by atoms with E-state index in [4.69, 9.17) is 21.4 Å². The maximum Gasteiger partial charge on any atom is 0.323 e. The van der Waals surface area contributed by atoms with Crippen LogP contribution in [0.15, 0.2) is 17.5 Å². The Bertz CT molecular complexity index is 686. The van der Waals surface area contributed by atoms with E-state index < -0.39 is 5.97 Å². The predicted molar refractivity (Wildman–Crippen MR) is 90.2 cm³/mol. The van der Waals surface area contributed by atoms with Crippen LogP contribution in [0.2, 0.25) is 4.34 Å². The molecule has 0 atom stereocenters. The van der Waals surface area contributed by atoms with E-state index in [1.165, 1.54) is 34.7 Å². The third-order valence-corrected chi connectivity index (χ3v) is 5.20. The number of nitrogens with zero attached hydrogens (tertiary/aromatic N) is 2. The minimum Gasteiger partial charge on any atom is -0.480 e. The Balaban J connectivity index is 2.03. The summed E-state index contributed by atoms with van der Waals surface area (Å²) in [6, 6.07) is 3.68. The van der Waals surface area contributed by atoms with Gasteiger partial charge in [0.15, 0.2) is 0 Å². The van der Waals surface area contributed by atoms with Crippen LogP contribution in [0.25, 0.3) is 9.88 Å². The summed E-state index contributed by atoms with van der Waals surface area (Å²) < 4.78 is 5.59. The van der Waals surface area contributed by atoms with Gasteiger partial charge in [0.2, 0.25) is 5.91 Å².